The van der Waals surface area contributed by atoms with Crippen LogP contribution in [-0.2, 0) is 11.8 Å². The summed E-state index contributed by atoms with van der Waals surface area (Å²) in [5.74, 6) is 0. The maximum absolute atomic E-state index is 9.15. The highest BCUT2D eigenvalue weighted by Gasteiger charge is 2.18. The van der Waals surface area contributed by atoms with Gasteiger partial charge < -0.3 is 10.2 Å². The molecule has 2 N–H and O–H groups in total. The first kappa shape index (κ1) is 10.9. The van der Waals surface area contributed by atoms with E-state index in [4.69, 9.17) is 22.0 Å². The maximum atomic E-state index is 9.15. The fourth-order valence-electron chi connectivity index (χ4n) is 1.22. The van der Waals surface area contributed by atoms with Gasteiger partial charge in [0.05, 0.1) is 12.7 Å². The molecule has 72 valence electrons. The molecule has 4 heteroatoms. The summed E-state index contributed by atoms with van der Waals surface area (Å²) in [6.45, 7) is 1.95. The highest BCUT2D eigenvalue weighted by molar-refractivity contribution is 8.18. The van der Waals surface area contributed by atoms with Crippen molar-refractivity contribution in [3.63, 3.8) is 0 Å². The Kier molecular flexibility index (Phi) is 3.63. The second-order valence-electron chi connectivity index (χ2n) is 2.96. The number of hydrogen-bond acceptors (Lipinski definition) is 3. The molecule has 0 aromatic heterocycles. The molecule has 1 rings (SSSR count). The van der Waals surface area contributed by atoms with Crippen LogP contribution >= 0.6 is 6.04 Å². The average Bonchev–Trinajstić information content (AvgIpc) is 2.17. The van der Waals surface area contributed by atoms with Crippen LogP contribution in [-0.4, -0.2) is 22.9 Å². The van der Waals surface area contributed by atoms with E-state index in [1.54, 1.807) is 0 Å². The summed E-state index contributed by atoms with van der Waals surface area (Å²) in [6, 6.07) is 5.52. The highest BCUT2D eigenvalue weighted by atomic mass is 32.4. The van der Waals surface area contributed by atoms with Crippen molar-refractivity contribution in [3.8, 4) is 0 Å². The molecule has 13 heavy (non-hydrogen) atoms. The molecule has 0 bridgehead atoms. The van der Waals surface area contributed by atoms with Crippen molar-refractivity contribution in [3.05, 3.63) is 29.8 Å². The highest BCUT2D eigenvalue weighted by Crippen LogP contribution is 2.42. The van der Waals surface area contributed by atoms with E-state index in [1.807, 2.05) is 31.2 Å². The molecule has 0 heterocycles. The molecule has 0 unspecified atom stereocenters. The van der Waals surface area contributed by atoms with Gasteiger partial charge in [-0.15, -0.1) is 0 Å². The quantitative estimate of drug-likeness (QED) is 0.740. The molecule has 0 aliphatic heterocycles. The summed E-state index contributed by atoms with van der Waals surface area (Å²) < 4.78 is 0. The van der Waals surface area contributed by atoms with Gasteiger partial charge in [-0.2, -0.15) is 0 Å². The Balaban J connectivity index is 3.20. The Morgan fingerprint density at radius 1 is 1.23 bits per heavy atom. The first-order valence-corrected chi connectivity index (χ1v) is 7.17. The molecule has 0 radical (unpaired) electrons. The van der Waals surface area contributed by atoms with E-state index in [0.717, 1.165) is 10.9 Å². The van der Waals surface area contributed by atoms with Gasteiger partial charge in [-0.25, -0.2) is 0 Å². The van der Waals surface area contributed by atoms with Crippen LogP contribution in [0.15, 0.2) is 24.3 Å². The van der Waals surface area contributed by atoms with Gasteiger partial charge in [0.15, 0.2) is 0 Å². The first-order valence-electron chi connectivity index (χ1n) is 4.00. The molecular weight excluding hydrogens is 203 g/mol. The Morgan fingerprint density at radius 3 is 2.23 bits per heavy atom. The Morgan fingerprint density at radius 2 is 1.77 bits per heavy atom. The van der Waals surface area contributed by atoms with Crippen LogP contribution in [0.25, 0.3) is 0 Å². The molecular formula is C9H13O2PS. The van der Waals surface area contributed by atoms with E-state index in [0.29, 0.717) is 0 Å². The number of rotatable bonds is 3. The third kappa shape index (κ3) is 2.18. The largest absolute Gasteiger partial charge is 0.391 e. The molecule has 1 aromatic carbocycles. The third-order valence-electron chi connectivity index (χ3n) is 2.01. The number of aryl methyl sites for hydroxylation is 1. The minimum absolute atomic E-state index is 0.107. The molecule has 0 spiro atoms. The summed E-state index contributed by atoms with van der Waals surface area (Å²) >= 11 is 5.27. The molecule has 0 saturated heterocycles. The van der Waals surface area contributed by atoms with E-state index < -0.39 is 6.04 Å². The van der Waals surface area contributed by atoms with E-state index in [9.17, 15) is 0 Å². The number of aliphatic hydroxyl groups is 2. The van der Waals surface area contributed by atoms with Crippen LogP contribution in [0.1, 0.15) is 5.56 Å². The molecule has 0 amide bonds. The van der Waals surface area contributed by atoms with Crippen LogP contribution in [0.5, 0.6) is 0 Å². The van der Waals surface area contributed by atoms with Gasteiger partial charge in [-0.05, 0) is 17.8 Å². The zero-order chi connectivity index (χ0) is 9.90. The van der Waals surface area contributed by atoms with Gasteiger partial charge >= 0.3 is 0 Å². The summed E-state index contributed by atoms with van der Waals surface area (Å²) in [7, 11) is 0. The third-order valence-corrected chi connectivity index (χ3v) is 5.59. The van der Waals surface area contributed by atoms with Crippen LogP contribution in [0.2, 0.25) is 0 Å². The first-order chi connectivity index (χ1) is 6.14. The van der Waals surface area contributed by atoms with Gasteiger partial charge in [0.2, 0.25) is 0 Å². The fraction of sp³-hybridized carbons (Fsp3) is 0.333. The van der Waals surface area contributed by atoms with Crippen molar-refractivity contribution in [2.24, 2.45) is 0 Å². The lowest BCUT2D eigenvalue weighted by atomic mass is 10.2. The minimum Gasteiger partial charge on any atom is -0.391 e. The van der Waals surface area contributed by atoms with Gasteiger partial charge in [0, 0.05) is 6.04 Å². The topological polar surface area (TPSA) is 40.5 Å². The molecule has 2 nitrogen and oxygen atoms in total. The smallest absolute Gasteiger partial charge is 0.0776 e. The van der Waals surface area contributed by atoms with Crippen LogP contribution < -0.4 is 5.30 Å². The molecule has 0 fully saturated rings. The van der Waals surface area contributed by atoms with Gasteiger partial charge in [-0.1, -0.05) is 36.1 Å². The molecule has 0 aliphatic carbocycles. The Bertz CT molecular complexity index is 330. The lowest BCUT2D eigenvalue weighted by molar-refractivity contribution is 0.345. The van der Waals surface area contributed by atoms with Crippen LogP contribution in [0.3, 0.4) is 0 Å². The van der Waals surface area contributed by atoms with E-state index in [2.05, 4.69) is 0 Å². The van der Waals surface area contributed by atoms with Crippen LogP contribution in [0.4, 0.5) is 0 Å². The molecule has 0 saturated carbocycles. The summed E-state index contributed by atoms with van der Waals surface area (Å²) in [5.41, 5.74) is 1.05. The van der Waals surface area contributed by atoms with Crippen molar-refractivity contribution in [1.29, 1.82) is 0 Å². The summed E-state index contributed by atoms with van der Waals surface area (Å²) in [4.78, 5) is 0. The lowest BCUT2D eigenvalue weighted by Crippen LogP contribution is -2.13. The monoisotopic (exact) mass is 216 g/mol. The van der Waals surface area contributed by atoms with E-state index in [-0.39, 0.29) is 12.7 Å². The summed E-state index contributed by atoms with van der Waals surface area (Å²) in [6.07, 6.45) is -0.215. The lowest BCUT2D eigenvalue weighted by Gasteiger charge is -2.18. The van der Waals surface area contributed by atoms with Gasteiger partial charge in [0.25, 0.3) is 0 Å². The predicted octanol–water partition coefficient (Wildman–Crippen LogP) is 0.999. The van der Waals surface area contributed by atoms with Crippen molar-refractivity contribution in [1.82, 2.24) is 0 Å². The van der Waals surface area contributed by atoms with Gasteiger partial charge in [-0.3, -0.25) is 0 Å². The number of aliphatic hydroxyl groups excluding tert-OH is 2. The van der Waals surface area contributed by atoms with Crippen LogP contribution in [0, 0.1) is 6.92 Å². The normalized spacial score (nSPS) is 11.6. The van der Waals surface area contributed by atoms with Crippen molar-refractivity contribution >= 4 is 23.1 Å². The molecule has 0 atom stereocenters. The second-order valence-corrected chi connectivity index (χ2v) is 7.88. The molecule has 1 aromatic rings. The Hall–Kier alpha value is -0.210. The van der Waals surface area contributed by atoms with Crippen molar-refractivity contribution in [2.45, 2.75) is 6.92 Å². The van der Waals surface area contributed by atoms with Crippen molar-refractivity contribution < 1.29 is 10.2 Å². The molecule has 0 aliphatic rings. The SMILES string of the molecule is Cc1ccccc1P(=S)(CO)CO. The van der Waals surface area contributed by atoms with Gasteiger partial charge in [0.1, 0.15) is 0 Å². The zero-order valence-corrected chi connectivity index (χ0v) is 9.18. The second kappa shape index (κ2) is 4.34. The number of benzene rings is 1. The Labute approximate surface area is 83.2 Å². The van der Waals surface area contributed by atoms with E-state index in [1.165, 1.54) is 0 Å². The van der Waals surface area contributed by atoms with Crippen molar-refractivity contribution in [2.75, 3.05) is 12.7 Å². The number of hydrogen-bond donors (Lipinski definition) is 2. The minimum atomic E-state index is -2.13. The van der Waals surface area contributed by atoms with E-state index >= 15 is 0 Å². The fourth-order valence-corrected chi connectivity index (χ4v) is 3.30. The average molecular weight is 216 g/mol. The summed E-state index contributed by atoms with van der Waals surface area (Å²) in [5, 5.41) is 19.2. The predicted molar refractivity (Wildman–Crippen MR) is 59.3 cm³/mol. The standard InChI is InChI=1S/C9H13O2PS/c1-8-4-2-3-5-9(8)12(13,6-10)7-11/h2-5,10-11H,6-7H2,1H3. The maximum Gasteiger partial charge on any atom is 0.0776 e. The zero-order valence-electron chi connectivity index (χ0n) is 7.47.